The van der Waals surface area contributed by atoms with Crippen molar-refractivity contribution in [2.45, 2.75) is 19.9 Å². The summed E-state index contributed by atoms with van der Waals surface area (Å²) in [5.74, 6) is 0. The Kier molecular flexibility index (Phi) is 4.31. The molecule has 4 nitrogen and oxygen atoms in total. The molecule has 2 aromatic heterocycles. The molecule has 0 bridgehead atoms. The van der Waals surface area contributed by atoms with Crippen molar-refractivity contribution in [1.29, 1.82) is 0 Å². The summed E-state index contributed by atoms with van der Waals surface area (Å²) in [5.41, 5.74) is 1.86. The lowest BCUT2D eigenvalue weighted by molar-refractivity contribution is 0.142. The van der Waals surface area contributed by atoms with Gasteiger partial charge in [-0.25, -0.2) is 4.98 Å². The number of nitrogens with zero attached hydrogens (tertiary/aromatic N) is 2. The van der Waals surface area contributed by atoms with Crippen LogP contribution >= 0.6 is 28.1 Å². The average molecular weight is 316 g/mol. The maximum Gasteiger partial charge on any atom is 0.179 e. The number of imidazole rings is 1. The fourth-order valence-electron chi connectivity index (χ4n) is 1.69. The lowest BCUT2D eigenvalue weighted by Gasteiger charge is -2.04. The number of pyridine rings is 1. The van der Waals surface area contributed by atoms with Gasteiger partial charge in [0, 0.05) is 30.4 Å². The molecule has 17 heavy (non-hydrogen) atoms. The normalized spacial score (nSPS) is 11.2. The molecular formula is C11H14BrN3OS. The fraction of sp³-hybridized carbons (Fsp3) is 0.455. The van der Waals surface area contributed by atoms with E-state index in [0.29, 0.717) is 4.77 Å². The van der Waals surface area contributed by atoms with Gasteiger partial charge in [0.1, 0.15) is 0 Å². The smallest absolute Gasteiger partial charge is 0.179 e. The molecule has 0 aromatic carbocycles. The summed E-state index contributed by atoms with van der Waals surface area (Å²) in [7, 11) is 0. The maximum absolute atomic E-state index is 5.32. The topological polar surface area (TPSA) is 42.8 Å². The van der Waals surface area contributed by atoms with E-state index in [1.807, 2.05) is 17.6 Å². The molecule has 0 unspecified atom stereocenters. The molecule has 0 saturated carbocycles. The van der Waals surface area contributed by atoms with Gasteiger partial charge in [-0.3, -0.25) is 0 Å². The van der Waals surface area contributed by atoms with Crippen LogP contribution in [0.15, 0.2) is 16.7 Å². The van der Waals surface area contributed by atoms with Crippen molar-refractivity contribution in [2.24, 2.45) is 0 Å². The zero-order valence-electron chi connectivity index (χ0n) is 9.57. The maximum atomic E-state index is 5.32. The van der Waals surface area contributed by atoms with Gasteiger partial charge < -0.3 is 14.3 Å². The highest BCUT2D eigenvalue weighted by Crippen LogP contribution is 2.17. The molecule has 0 saturated heterocycles. The van der Waals surface area contributed by atoms with Gasteiger partial charge in [-0.1, -0.05) is 0 Å². The highest BCUT2D eigenvalue weighted by Gasteiger charge is 2.05. The summed E-state index contributed by atoms with van der Waals surface area (Å²) in [6, 6.07) is 1.98. The van der Waals surface area contributed by atoms with Crippen LogP contribution in [0.1, 0.15) is 13.3 Å². The van der Waals surface area contributed by atoms with E-state index in [-0.39, 0.29) is 0 Å². The van der Waals surface area contributed by atoms with Crippen LogP contribution in [0.2, 0.25) is 0 Å². The monoisotopic (exact) mass is 315 g/mol. The van der Waals surface area contributed by atoms with Crippen molar-refractivity contribution in [1.82, 2.24) is 14.5 Å². The number of aryl methyl sites for hydroxylation is 1. The van der Waals surface area contributed by atoms with E-state index in [1.54, 1.807) is 6.20 Å². The van der Waals surface area contributed by atoms with Gasteiger partial charge in [-0.2, -0.15) is 0 Å². The van der Waals surface area contributed by atoms with Crippen molar-refractivity contribution in [3.05, 3.63) is 21.5 Å². The lowest BCUT2D eigenvalue weighted by atomic mass is 10.4. The third-order valence-corrected chi connectivity index (χ3v) is 3.21. The van der Waals surface area contributed by atoms with Crippen molar-refractivity contribution in [3.8, 4) is 0 Å². The van der Waals surface area contributed by atoms with E-state index >= 15 is 0 Å². The van der Waals surface area contributed by atoms with Crippen molar-refractivity contribution in [3.63, 3.8) is 0 Å². The molecule has 0 radical (unpaired) electrons. The molecule has 0 aliphatic rings. The Morgan fingerprint density at radius 1 is 1.59 bits per heavy atom. The number of nitrogens with one attached hydrogen (secondary N) is 1. The molecule has 0 atom stereocenters. The minimum atomic E-state index is 0.710. The highest BCUT2D eigenvalue weighted by molar-refractivity contribution is 9.10. The summed E-state index contributed by atoms with van der Waals surface area (Å²) >= 11 is 8.68. The van der Waals surface area contributed by atoms with Crippen LogP contribution in [0.3, 0.4) is 0 Å². The zero-order chi connectivity index (χ0) is 12.3. The second kappa shape index (κ2) is 5.75. The highest BCUT2D eigenvalue weighted by atomic mass is 79.9. The van der Waals surface area contributed by atoms with Gasteiger partial charge in [0.15, 0.2) is 10.4 Å². The number of fused-ring (bicyclic) bond motifs is 1. The second-order valence-corrected chi connectivity index (χ2v) is 4.96. The van der Waals surface area contributed by atoms with E-state index in [0.717, 1.165) is 41.8 Å². The Morgan fingerprint density at radius 2 is 2.41 bits per heavy atom. The number of halogens is 1. The first-order valence-electron chi connectivity index (χ1n) is 5.54. The van der Waals surface area contributed by atoms with Crippen LogP contribution < -0.4 is 0 Å². The number of aromatic nitrogens is 3. The van der Waals surface area contributed by atoms with E-state index in [4.69, 9.17) is 17.0 Å². The number of ether oxygens (including phenoxy) is 1. The van der Waals surface area contributed by atoms with Crippen LogP contribution in [0.4, 0.5) is 0 Å². The molecule has 6 heteroatoms. The second-order valence-electron chi connectivity index (χ2n) is 3.66. The molecule has 2 aromatic rings. The first kappa shape index (κ1) is 12.7. The summed E-state index contributed by atoms with van der Waals surface area (Å²) in [6.45, 7) is 4.33. The third kappa shape index (κ3) is 2.94. The minimum Gasteiger partial charge on any atom is -0.382 e. The molecule has 0 aliphatic heterocycles. The molecular weight excluding hydrogens is 302 g/mol. The lowest BCUT2D eigenvalue weighted by Crippen LogP contribution is -2.03. The van der Waals surface area contributed by atoms with Gasteiger partial charge in [0.2, 0.25) is 0 Å². The van der Waals surface area contributed by atoms with Gasteiger partial charge >= 0.3 is 0 Å². The molecule has 0 spiro atoms. The number of aromatic amines is 1. The Bertz CT molecular complexity index is 563. The first-order valence-corrected chi connectivity index (χ1v) is 6.74. The molecule has 0 fully saturated rings. The van der Waals surface area contributed by atoms with Crippen LogP contribution in [-0.2, 0) is 11.3 Å². The Morgan fingerprint density at radius 3 is 3.18 bits per heavy atom. The average Bonchev–Trinajstić information content (AvgIpc) is 2.60. The van der Waals surface area contributed by atoms with E-state index in [9.17, 15) is 0 Å². The van der Waals surface area contributed by atoms with Gasteiger partial charge in [-0.05, 0) is 47.6 Å². The predicted octanol–water partition coefficient (Wildman–Crippen LogP) is 3.28. The first-order chi connectivity index (χ1) is 8.22. The molecule has 0 amide bonds. The standard InChI is InChI=1S/C11H14BrN3OS/c1-2-16-5-3-4-15-10-9(14-11(15)17)6-8(12)7-13-10/h6-7H,2-5H2,1H3,(H,14,17). The fourth-order valence-corrected chi connectivity index (χ4v) is 2.31. The van der Waals surface area contributed by atoms with Crippen molar-refractivity contribution < 1.29 is 4.74 Å². The molecule has 92 valence electrons. The largest absolute Gasteiger partial charge is 0.382 e. The molecule has 1 N–H and O–H groups in total. The van der Waals surface area contributed by atoms with Crippen molar-refractivity contribution in [2.75, 3.05) is 13.2 Å². The summed E-state index contributed by atoms with van der Waals surface area (Å²) in [5, 5.41) is 0. The molecule has 0 aliphatic carbocycles. The minimum absolute atomic E-state index is 0.710. The molecule has 2 heterocycles. The Hall–Kier alpha value is -0.720. The van der Waals surface area contributed by atoms with Gasteiger partial charge in [-0.15, -0.1) is 0 Å². The summed E-state index contributed by atoms with van der Waals surface area (Å²) in [6.07, 6.45) is 2.72. The van der Waals surface area contributed by atoms with E-state index in [1.165, 1.54) is 0 Å². The number of hydrogen-bond donors (Lipinski definition) is 1. The summed E-state index contributed by atoms with van der Waals surface area (Å²) in [4.78, 5) is 7.53. The van der Waals surface area contributed by atoms with Crippen LogP contribution in [-0.4, -0.2) is 27.7 Å². The van der Waals surface area contributed by atoms with Crippen LogP contribution in [0, 0.1) is 4.77 Å². The summed E-state index contributed by atoms with van der Waals surface area (Å²) < 4.78 is 8.98. The number of hydrogen-bond acceptors (Lipinski definition) is 3. The SMILES string of the molecule is CCOCCCn1c(=S)[nH]c2cc(Br)cnc21. The zero-order valence-corrected chi connectivity index (χ0v) is 12.0. The third-order valence-electron chi connectivity index (χ3n) is 2.45. The van der Waals surface area contributed by atoms with Crippen LogP contribution in [0.5, 0.6) is 0 Å². The van der Waals surface area contributed by atoms with Crippen molar-refractivity contribution >= 4 is 39.3 Å². The van der Waals surface area contributed by atoms with Gasteiger partial charge in [0.05, 0.1) is 5.52 Å². The van der Waals surface area contributed by atoms with Crippen LogP contribution in [0.25, 0.3) is 11.2 Å². The number of H-pyrrole nitrogens is 1. The predicted molar refractivity (Wildman–Crippen MR) is 73.7 cm³/mol. The Labute approximate surface area is 113 Å². The van der Waals surface area contributed by atoms with E-state index in [2.05, 4.69) is 25.9 Å². The van der Waals surface area contributed by atoms with Gasteiger partial charge in [0.25, 0.3) is 0 Å². The van der Waals surface area contributed by atoms with E-state index < -0.39 is 0 Å². The molecule has 2 rings (SSSR count). The quantitative estimate of drug-likeness (QED) is 0.680. The Balaban J connectivity index is 2.21. The number of rotatable bonds is 5.